The van der Waals surface area contributed by atoms with Crippen molar-refractivity contribution in [2.45, 2.75) is 19.4 Å². The number of aromatic nitrogens is 4. The molecule has 0 spiro atoms. The molecule has 0 radical (unpaired) electrons. The number of fused-ring (bicyclic) bond motifs is 1. The number of hydrogen-bond acceptors (Lipinski definition) is 6. The molecule has 1 aliphatic rings. The smallest absolute Gasteiger partial charge is 0.350 e. The second kappa shape index (κ2) is 6.29. The lowest BCUT2D eigenvalue weighted by Crippen LogP contribution is -2.20. The third-order valence-electron chi connectivity index (χ3n) is 3.53. The van der Waals surface area contributed by atoms with Crippen LogP contribution < -0.4 is 4.90 Å². The van der Waals surface area contributed by atoms with Gasteiger partial charge >= 0.3 is 7.60 Å². The molecule has 0 saturated carbocycles. The van der Waals surface area contributed by atoms with Crippen LogP contribution in [-0.4, -0.2) is 55.4 Å². The quantitative estimate of drug-likeness (QED) is 0.585. The summed E-state index contributed by atoms with van der Waals surface area (Å²) in [5.74, 6) is 0.856. The highest BCUT2D eigenvalue weighted by atomic mass is 31.2. The number of hydrogen-bond donors (Lipinski definition) is 2. The van der Waals surface area contributed by atoms with E-state index in [0.29, 0.717) is 12.2 Å². The standard InChI is InChI=1S/C12H18N5O4P/c18-22(19,20)9-21-6-5-17-8-15-11-10(17)12(14-7-13-11)16-3-1-2-4-16/h7-8H,1-6,9H2,(H2,18,19,20). The third kappa shape index (κ3) is 3.44. The van der Waals surface area contributed by atoms with E-state index in [1.54, 1.807) is 6.33 Å². The maximum Gasteiger partial charge on any atom is 0.350 e. The van der Waals surface area contributed by atoms with Crippen molar-refractivity contribution in [1.82, 2.24) is 19.5 Å². The van der Waals surface area contributed by atoms with Crippen molar-refractivity contribution in [2.24, 2.45) is 0 Å². The molecule has 1 saturated heterocycles. The molecule has 3 rings (SSSR count). The molecule has 0 bridgehead atoms. The zero-order chi connectivity index (χ0) is 15.6. The molecule has 9 nitrogen and oxygen atoms in total. The van der Waals surface area contributed by atoms with E-state index in [1.165, 1.54) is 6.33 Å². The monoisotopic (exact) mass is 327 g/mol. The third-order valence-corrected chi connectivity index (χ3v) is 4.05. The highest BCUT2D eigenvalue weighted by molar-refractivity contribution is 7.51. The minimum absolute atomic E-state index is 0.185. The first-order valence-electron chi connectivity index (χ1n) is 7.08. The summed E-state index contributed by atoms with van der Waals surface area (Å²) in [6.07, 6.45) is 4.88. The summed E-state index contributed by atoms with van der Waals surface area (Å²) in [7, 11) is -4.13. The second-order valence-electron chi connectivity index (χ2n) is 5.20. The summed E-state index contributed by atoms with van der Waals surface area (Å²) in [5.41, 5.74) is 1.45. The van der Waals surface area contributed by atoms with Crippen LogP contribution in [0, 0.1) is 0 Å². The summed E-state index contributed by atoms with van der Waals surface area (Å²) in [6.45, 7) is 2.55. The normalized spacial score (nSPS) is 15.8. The van der Waals surface area contributed by atoms with Crippen LogP contribution in [0.15, 0.2) is 12.7 Å². The summed E-state index contributed by atoms with van der Waals surface area (Å²) in [5, 5.41) is 0. The molecule has 3 heterocycles. The van der Waals surface area contributed by atoms with Gasteiger partial charge < -0.3 is 24.0 Å². The molecule has 0 aromatic carbocycles. The number of nitrogens with zero attached hydrogens (tertiary/aromatic N) is 5. The fraction of sp³-hybridized carbons (Fsp3) is 0.583. The molecule has 2 N–H and O–H groups in total. The highest BCUT2D eigenvalue weighted by Gasteiger charge is 2.19. The number of anilines is 1. The van der Waals surface area contributed by atoms with Crippen molar-refractivity contribution in [1.29, 1.82) is 0 Å². The molecule has 2 aromatic rings. The second-order valence-corrected chi connectivity index (χ2v) is 6.79. The molecular formula is C12H18N5O4P. The van der Waals surface area contributed by atoms with Gasteiger partial charge in [0.25, 0.3) is 0 Å². The van der Waals surface area contributed by atoms with E-state index < -0.39 is 13.9 Å². The van der Waals surface area contributed by atoms with Crippen LogP contribution in [0.4, 0.5) is 5.82 Å². The van der Waals surface area contributed by atoms with Gasteiger partial charge in [-0.1, -0.05) is 0 Å². The van der Waals surface area contributed by atoms with Gasteiger partial charge in [-0.2, -0.15) is 0 Å². The predicted octanol–water partition coefficient (Wildman–Crippen LogP) is 0.578. The molecular weight excluding hydrogens is 309 g/mol. The summed E-state index contributed by atoms with van der Waals surface area (Å²) >= 11 is 0. The van der Waals surface area contributed by atoms with Crippen molar-refractivity contribution >= 4 is 24.6 Å². The lowest BCUT2D eigenvalue weighted by atomic mass is 10.4. The van der Waals surface area contributed by atoms with Crippen molar-refractivity contribution in [3.05, 3.63) is 12.7 Å². The van der Waals surface area contributed by atoms with E-state index in [1.807, 2.05) is 4.57 Å². The first-order valence-corrected chi connectivity index (χ1v) is 8.87. The minimum Gasteiger partial charge on any atom is -0.367 e. The first kappa shape index (κ1) is 15.4. The molecule has 120 valence electrons. The first-order chi connectivity index (χ1) is 10.5. The lowest BCUT2D eigenvalue weighted by molar-refractivity contribution is 0.149. The highest BCUT2D eigenvalue weighted by Crippen LogP contribution is 2.33. The van der Waals surface area contributed by atoms with Gasteiger partial charge in [-0.15, -0.1) is 0 Å². The van der Waals surface area contributed by atoms with E-state index in [0.717, 1.165) is 37.3 Å². The average Bonchev–Trinajstić information content (AvgIpc) is 3.12. The average molecular weight is 327 g/mol. The maximum absolute atomic E-state index is 10.8. The van der Waals surface area contributed by atoms with E-state index in [2.05, 4.69) is 19.9 Å². The van der Waals surface area contributed by atoms with Crippen molar-refractivity contribution in [3.63, 3.8) is 0 Å². The van der Waals surface area contributed by atoms with E-state index >= 15 is 0 Å². The van der Waals surface area contributed by atoms with Gasteiger partial charge in [0.2, 0.25) is 0 Å². The van der Waals surface area contributed by atoms with Gasteiger partial charge in [0.05, 0.1) is 12.9 Å². The van der Waals surface area contributed by atoms with Gasteiger partial charge in [0.1, 0.15) is 18.2 Å². The van der Waals surface area contributed by atoms with Crippen LogP contribution in [0.2, 0.25) is 0 Å². The Hall–Kier alpha value is -1.54. The van der Waals surface area contributed by atoms with Gasteiger partial charge in [-0.05, 0) is 12.8 Å². The largest absolute Gasteiger partial charge is 0.367 e. The Kier molecular flexibility index (Phi) is 4.39. The Bertz CT molecular complexity index is 694. The molecule has 1 fully saturated rings. The van der Waals surface area contributed by atoms with E-state index in [-0.39, 0.29) is 6.61 Å². The fourth-order valence-electron chi connectivity index (χ4n) is 2.57. The van der Waals surface area contributed by atoms with Crippen LogP contribution in [0.1, 0.15) is 12.8 Å². The van der Waals surface area contributed by atoms with Crippen molar-refractivity contribution in [3.8, 4) is 0 Å². The Morgan fingerprint density at radius 2 is 2.00 bits per heavy atom. The lowest BCUT2D eigenvalue weighted by Gasteiger charge is -2.17. The number of ether oxygens (including phenoxy) is 1. The zero-order valence-corrected chi connectivity index (χ0v) is 12.9. The summed E-state index contributed by atoms with van der Waals surface area (Å²) in [6, 6.07) is 0. The Balaban J connectivity index is 1.76. The molecule has 10 heteroatoms. The molecule has 0 amide bonds. The molecule has 22 heavy (non-hydrogen) atoms. The topological polar surface area (TPSA) is 114 Å². The summed E-state index contributed by atoms with van der Waals surface area (Å²) in [4.78, 5) is 32.6. The Labute approximate surface area is 127 Å². The van der Waals surface area contributed by atoms with Crippen molar-refractivity contribution in [2.75, 3.05) is 30.9 Å². The predicted molar refractivity (Wildman–Crippen MR) is 79.6 cm³/mol. The maximum atomic E-state index is 10.8. The van der Waals surface area contributed by atoms with Gasteiger partial charge in [-0.3, -0.25) is 4.57 Å². The van der Waals surface area contributed by atoms with Gasteiger partial charge in [0, 0.05) is 19.6 Å². The van der Waals surface area contributed by atoms with Gasteiger partial charge in [0.15, 0.2) is 11.5 Å². The fourth-order valence-corrected chi connectivity index (χ4v) is 2.94. The zero-order valence-electron chi connectivity index (χ0n) is 12.0. The van der Waals surface area contributed by atoms with Crippen LogP contribution in [0.25, 0.3) is 11.2 Å². The SMILES string of the molecule is O=P(O)(O)COCCn1cnc2ncnc(N3CCCC3)c21. The molecule has 0 aliphatic carbocycles. The van der Waals surface area contributed by atoms with Crippen LogP contribution in [0.5, 0.6) is 0 Å². The van der Waals surface area contributed by atoms with E-state index in [4.69, 9.17) is 14.5 Å². The Morgan fingerprint density at radius 1 is 1.23 bits per heavy atom. The Morgan fingerprint density at radius 3 is 2.73 bits per heavy atom. The number of imidazole rings is 1. The molecule has 1 aliphatic heterocycles. The van der Waals surface area contributed by atoms with Crippen LogP contribution >= 0.6 is 7.60 Å². The van der Waals surface area contributed by atoms with Crippen molar-refractivity contribution < 1.29 is 19.1 Å². The minimum atomic E-state index is -4.13. The molecule has 0 unspecified atom stereocenters. The van der Waals surface area contributed by atoms with Crippen LogP contribution in [0.3, 0.4) is 0 Å². The number of rotatable bonds is 6. The molecule has 2 aromatic heterocycles. The molecule has 0 atom stereocenters. The van der Waals surface area contributed by atoms with E-state index in [9.17, 15) is 4.57 Å². The van der Waals surface area contributed by atoms with Crippen LogP contribution in [-0.2, 0) is 15.8 Å². The van der Waals surface area contributed by atoms with Gasteiger partial charge in [-0.25, -0.2) is 15.0 Å². The summed E-state index contributed by atoms with van der Waals surface area (Å²) < 4.78 is 17.6.